The first kappa shape index (κ1) is 15.1. The second kappa shape index (κ2) is 6.45. The molecule has 1 atom stereocenters. The number of hydrogen-bond acceptors (Lipinski definition) is 0. The lowest BCUT2D eigenvalue weighted by Crippen LogP contribution is -2.23. The average Bonchev–Trinajstić information content (AvgIpc) is 2.48. The number of alkyl halides is 1. The van der Waals surface area contributed by atoms with Gasteiger partial charge in [0.15, 0.2) is 0 Å². The van der Waals surface area contributed by atoms with E-state index >= 15 is 0 Å². The normalized spacial score (nSPS) is 13.2. The van der Waals surface area contributed by atoms with Gasteiger partial charge in [-0.1, -0.05) is 81.8 Å². The third-order valence-electron chi connectivity index (χ3n) is 3.96. The molecule has 0 N–H and O–H groups in total. The molecule has 0 heterocycles. The Morgan fingerprint density at radius 3 is 2.10 bits per heavy atom. The summed E-state index contributed by atoms with van der Waals surface area (Å²) < 4.78 is 0. The van der Waals surface area contributed by atoms with Crippen LogP contribution >= 0.6 is 11.6 Å². The second-order valence-electron chi connectivity index (χ2n) is 5.94. The van der Waals surface area contributed by atoms with Crippen molar-refractivity contribution in [2.24, 2.45) is 0 Å². The summed E-state index contributed by atoms with van der Waals surface area (Å²) >= 11 is 6.76. The summed E-state index contributed by atoms with van der Waals surface area (Å²) in [6, 6.07) is 19.3. The van der Waals surface area contributed by atoms with E-state index in [-0.39, 0.29) is 10.8 Å². The van der Waals surface area contributed by atoms with Crippen LogP contribution in [0.4, 0.5) is 0 Å². The summed E-state index contributed by atoms with van der Waals surface area (Å²) in [5.41, 5.74) is 3.77. The van der Waals surface area contributed by atoms with Crippen LogP contribution in [0.1, 0.15) is 49.3 Å². The molecule has 2 aromatic rings. The van der Waals surface area contributed by atoms with Crippen LogP contribution in [-0.2, 0) is 11.8 Å². The lowest BCUT2D eigenvalue weighted by Gasteiger charge is -2.31. The van der Waals surface area contributed by atoms with Gasteiger partial charge in [-0.3, -0.25) is 0 Å². The van der Waals surface area contributed by atoms with Crippen LogP contribution in [0, 0.1) is 0 Å². The van der Waals surface area contributed by atoms with E-state index in [0.717, 1.165) is 6.42 Å². The fraction of sp³-hybridized carbons (Fsp3) is 0.368. The zero-order valence-electron chi connectivity index (χ0n) is 12.6. The molecule has 0 aliphatic heterocycles. The van der Waals surface area contributed by atoms with E-state index < -0.39 is 0 Å². The third-order valence-corrected chi connectivity index (χ3v) is 4.76. The van der Waals surface area contributed by atoms with Crippen LogP contribution in [0.2, 0.25) is 0 Å². The van der Waals surface area contributed by atoms with Crippen molar-refractivity contribution in [3.05, 3.63) is 71.3 Å². The van der Waals surface area contributed by atoms with E-state index in [1.165, 1.54) is 23.1 Å². The van der Waals surface area contributed by atoms with Gasteiger partial charge in [0.1, 0.15) is 0 Å². The molecule has 1 unspecified atom stereocenters. The Labute approximate surface area is 127 Å². The molecular formula is C19H23Cl. The molecule has 20 heavy (non-hydrogen) atoms. The van der Waals surface area contributed by atoms with Crippen LogP contribution in [-0.4, -0.2) is 0 Å². The minimum absolute atomic E-state index is 0.0272. The summed E-state index contributed by atoms with van der Waals surface area (Å²) in [7, 11) is 0. The molecule has 2 aromatic carbocycles. The van der Waals surface area contributed by atoms with E-state index in [4.69, 9.17) is 11.6 Å². The quantitative estimate of drug-likeness (QED) is 0.601. The van der Waals surface area contributed by atoms with Gasteiger partial charge < -0.3 is 0 Å². The SMILES string of the molecule is CCCc1ccc(C(Cl)C(C)(C)c2ccccc2)cc1. The molecule has 0 nitrogen and oxygen atoms in total. The molecule has 0 aromatic heterocycles. The summed E-state index contributed by atoms with van der Waals surface area (Å²) in [5.74, 6) is 0. The number of rotatable bonds is 5. The van der Waals surface area contributed by atoms with Crippen molar-refractivity contribution in [2.75, 3.05) is 0 Å². The van der Waals surface area contributed by atoms with Gasteiger partial charge in [0, 0.05) is 5.41 Å². The predicted molar refractivity (Wildman–Crippen MR) is 88.5 cm³/mol. The van der Waals surface area contributed by atoms with Crippen LogP contribution in [0.25, 0.3) is 0 Å². The van der Waals surface area contributed by atoms with Gasteiger partial charge in [0.25, 0.3) is 0 Å². The molecule has 0 spiro atoms. The monoisotopic (exact) mass is 286 g/mol. The highest BCUT2D eigenvalue weighted by Crippen LogP contribution is 2.41. The van der Waals surface area contributed by atoms with Crippen molar-refractivity contribution in [1.82, 2.24) is 0 Å². The molecule has 0 radical (unpaired) electrons. The van der Waals surface area contributed by atoms with Gasteiger partial charge in [-0.05, 0) is 23.1 Å². The Balaban J connectivity index is 2.23. The molecule has 0 saturated carbocycles. The number of halogens is 1. The largest absolute Gasteiger partial charge is 0.117 e. The van der Waals surface area contributed by atoms with Crippen LogP contribution < -0.4 is 0 Å². The van der Waals surface area contributed by atoms with Crippen molar-refractivity contribution >= 4 is 11.6 Å². The molecule has 0 bridgehead atoms. The zero-order valence-corrected chi connectivity index (χ0v) is 13.3. The van der Waals surface area contributed by atoms with Crippen molar-refractivity contribution < 1.29 is 0 Å². The van der Waals surface area contributed by atoms with Crippen LogP contribution in [0.3, 0.4) is 0 Å². The minimum Gasteiger partial charge on any atom is -0.117 e. The van der Waals surface area contributed by atoms with Gasteiger partial charge >= 0.3 is 0 Å². The van der Waals surface area contributed by atoms with Gasteiger partial charge in [0.05, 0.1) is 5.38 Å². The van der Waals surface area contributed by atoms with Gasteiger partial charge in [-0.2, -0.15) is 0 Å². The molecule has 0 saturated heterocycles. The first-order valence-corrected chi connectivity index (χ1v) is 7.77. The maximum absolute atomic E-state index is 6.76. The zero-order chi connectivity index (χ0) is 14.6. The van der Waals surface area contributed by atoms with Crippen LogP contribution in [0.15, 0.2) is 54.6 Å². The van der Waals surface area contributed by atoms with E-state index in [0.29, 0.717) is 0 Å². The Morgan fingerprint density at radius 2 is 1.55 bits per heavy atom. The Bertz CT molecular complexity index is 525. The highest BCUT2D eigenvalue weighted by Gasteiger charge is 2.30. The number of hydrogen-bond donors (Lipinski definition) is 0. The van der Waals surface area contributed by atoms with Crippen molar-refractivity contribution in [3.8, 4) is 0 Å². The molecular weight excluding hydrogens is 264 g/mol. The second-order valence-corrected chi connectivity index (χ2v) is 6.38. The Kier molecular flexibility index (Phi) is 4.88. The summed E-state index contributed by atoms with van der Waals surface area (Å²) in [4.78, 5) is 0. The fourth-order valence-electron chi connectivity index (χ4n) is 2.57. The minimum atomic E-state index is -0.0882. The molecule has 2 rings (SSSR count). The van der Waals surface area contributed by atoms with Gasteiger partial charge in [-0.25, -0.2) is 0 Å². The highest BCUT2D eigenvalue weighted by atomic mass is 35.5. The molecule has 1 heteroatoms. The van der Waals surface area contributed by atoms with Gasteiger partial charge in [0.2, 0.25) is 0 Å². The maximum Gasteiger partial charge on any atom is 0.0676 e. The van der Waals surface area contributed by atoms with E-state index in [9.17, 15) is 0 Å². The summed E-state index contributed by atoms with van der Waals surface area (Å²) in [6.45, 7) is 6.62. The van der Waals surface area contributed by atoms with Crippen molar-refractivity contribution in [1.29, 1.82) is 0 Å². The van der Waals surface area contributed by atoms with Crippen molar-refractivity contribution in [2.45, 2.75) is 44.4 Å². The van der Waals surface area contributed by atoms with Crippen molar-refractivity contribution in [3.63, 3.8) is 0 Å². The number of aryl methyl sites for hydroxylation is 1. The Morgan fingerprint density at radius 1 is 0.950 bits per heavy atom. The lowest BCUT2D eigenvalue weighted by atomic mass is 9.78. The summed E-state index contributed by atoms with van der Waals surface area (Å²) in [5, 5.41) is -0.0272. The molecule has 0 amide bonds. The van der Waals surface area contributed by atoms with E-state index in [1.807, 2.05) is 6.07 Å². The summed E-state index contributed by atoms with van der Waals surface area (Å²) in [6.07, 6.45) is 2.31. The first-order valence-electron chi connectivity index (χ1n) is 7.34. The van der Waals surface area contributed by atoms with Gasteiger partial charge in [-0.15, -0.1) is 11.6 Å². The van der Waals surface area contributed by atoms with E-state index in [2.05, 4.69) is 69.3 Å². The molecule has 0 aliphatic rings. The third kappa shape index (κ3) is 3.24. The fourth-order valence-corrected chi connectivity index (χ4v) is 2.84. The van der Waals surface area contributed by atoms with E-state index in [1.54, 1.807) is 0 Å². The van der Waals surface area contributed by atoms with Crippen LogP contribution in [0.5, 0.6) is 0 Å². The molecule has 106 valence electrons. The molecule has 0 fully saturated rings. The topological polar surface area (TPSA) is 0 Å². The maximum atomic E-state index is 6.76. The Hall–Kier alpha value is -1.27. The average molecular weight is 287 g/mol. The highest BCUT2D eigenvalue weighted by molar-refractivity contribution is 6.21. The first-order chi connectivity index (χ1) is 9.55. The molecule has 0 aliphatic carbocycles. The smallest absolute Gasteiger partial charge is 0.0676 e. The number of benzene rings is 2. The predicted octanol–water partition coefficient (Wildman–Crippen LogP) is 5.90. The standard InChI is InChI=1S/C19H23Cl/c1-4-8-15-11-13-16(14-12-15)18(20)19(2,3)17-9-6-5-7-10-17/h5-7,9-14,18H,4,8H2,1-3H3. The lowest BCUT2D eigenvalue weighted by molar-refractivity contribution is 0.504.